The fourth-order valence-electron chi connectivity index (χ4n) is 5.73. The number of nitrogens with one attached hydrogen (secondary N) is 1. The van der Waals surface area contributed by atoms with Gasteiger partial charge in [0.25, 0.3) is 0 Å². The Morgan fingerprint density at radius 1 is 1.15 bits per heavy atom. The molecular weight excluding hydrogens is 542 g/mol. The molecule has 2 unspecified atom stereocenters. The zero-order valence-corrected chi connectivity index (χ0v) is 24.0. The van der Waals surface area contributed by atoms with Gasteiger partial charge in [0.05, 0.1) is 34.4 Å². The Kier molecular flexibility index (Phi) is 7.66. The molecular formula is C31H35N3O6S. The molecule has 0 radical (unpaired) electrons. The van der Waals surface area contributed by atoms with E-state index in [1.807, 2.05) is 43.3 Å². The Balaban J connectivity index is 1.24. The highest BCUT2D eigenvalue weighted by Crippen LogP contribution is 2.43. The molecule has 1 aromatic heterocycles. The zero-order chi connectivity index (χ0) is 28.6. The number of ether oxygens (including phenoxy) is 3. The van der Waals surface area contributed by atoms with Crippen LogP contribution in [0, 0.1) is 17.2 Å². The fourth-order valence-corrected chi connectivity index (χ4v) is 7.14. The molecule has 2 aromatic carbocycles. The predicted molar refractivity (Wildman–Crippen MR) is 156 cm³/mol. The molecule has 3 fully saturated rings. The maximum absolute atomic E-state index is 12.6. The monoisotopic (exact) mass is 577 g/mol. The summed E-state index contributed by atoms with van der Waals surface area (Å²) in [5.74, 6) is 0.972. The summed E-state index contributed by atoms with van der Waals surface area (Å²) in [6.45, 7) is 2.72. The first-order valence-corrected chi connectivity index (χ1v) is 16.1. The zero-order valence-electron chi connectivity index (χ0n) is 23.2. The van der Waals surface area contributed by atoms with Gasteiger partial charge in [-0.3, -0.25) is 5.32 Å². The number of nitrogens with zero attached hydrogens (tertiary/aromatic N) is 2. The number of aromatic nitrogens is 1. The van der Waals surface area contributed by atoms with Crippen molar-refractivity contribution in [3.05, 3.63) is 48.0 Å². The van der Waals surface area contributed by atoms with E-state index in [1.165, 1.54) is 0 Å². The molecule has 1 N–H and O–H groups in total. The number of nitriles is 1. The molecule has 216 valence electrons. The van der Waals surface area contributed by atoms with E-state index in [4.69, 9.17) is 14.2 Å². The van der Waals surface area contributed by atoms with Crippen molar-refractivity contribution in [2.24, 2.45) is 5.92 Å². The quantitative estimate of drug-likeness (QED) is 0.322. The first kappa shape index (κ1) is 27.6. The second-order valence-electron chi connectivity index (χ2n) is 11.3. The minimum atomic E-state index is -3.28. The maximum atomic E-state index is 12.6. The summed E-state index contributed by atoms with van der Waals surface area (Å²) < 4.78 is 44.1. The lowest BCUT2D eigenvalue weighted by molar-refractivity contribution is 0.108. The summed E-state index contributed by atoms with van der Waals surface area (Å²) in [4.78, 5) is 12.3. The van der Waals surface area contributed by atoms with Crippen LogP contribution in [0.3, 0.4) is 0 Å². The minimum Gasteiger partial charge on any atom is -0.492 e. The van der Waals surface area contributed by atoms with E-state index >= 15 is 0 Å². The van der Waals surface area contributed by atoms with E-state index in [0.717, 1.165) is 54.3 Å². The highest BCUT2D eigenvalue weighted by Gasteiger charge is 2.32. The van der Waals surface area contributed by atoms with Crippen LogP contribution in [0.2, 0.25) is 0 Å². The van der Waals surface area contributed by atoms with Crippen molar-refractivity contribution in [2.45, 2.75) is 62.8 Å². The lowest BCUT2D eigenvalue weighted by Gasteiger charge is -2.30. The Bertz CT molecular complexity index is 1580. The Hall–Kier alpha value is -3.55. The van der Waals surface area contributed by atoms with Crippen LogP contribution in [0.4, 0.5) is 10.5 Å². The fraction of sp³-hybridized carbons (Fsp3) is 0.484. The average molecular weight is 578 g/mol. The highest BCUT2D eigenvalue weighted by molar-refractivity contribution is 7.92. The van der Waals surface area contributed by atoms with Crippen LogP contribution in [0.15, 0.2) is 42.5 Å². The number of fused-ring (bicyclic) bond motifs is 1. The lowest BCUT2D eigenvalue weighted by atomic mass is 9.92. The number of carbonyl (C=O) groups excluding carboxylic acids is 1. The van der Waals surface area contributed by atoms with Crippen LogP contribution >= 0.6 is 0 Å². The molecule has 0 spiro atoms. The van der Waals surface area contributed by atoms with E-state index in [-0.39, 0.29) is 31.1 Å². The highest BCUT2D eigenvalue weighted by atomic mass is 32.2. The number of hydrogen-bond donors (Lipinski definition) is 1. The van der Waals surface area contributed by atoms with Gasteiger partial charge in [-0.1, -0.05) is 12.1 Å². The number of benzene rings is 2. The van der Waals surface area contributed by atoms with Crippen LogP contribution in [-0.2, 0) is 19.3 Å². The normalized spacial score (nSPS) is 19.9. The summed E-state index contributed by atoms with van der Waals surface area (Å²) in [5, 5.41) is 13.4. The van der Waals surface area contributed by atoms with Gasteiger partial charge in [0, 0.05) is 29.8 Å². The molecule has 3 aromatic rings. The van der Waals surface area contributed by atoms with Gasteiger partial charge in [-0.15, -0.1) is 0 Å². The molecule has 2 aliphatic carbocycles. The second-order valence-corrected chi connectivity index (χ2v) is 13.7. The molecule has 0 bridgehead atoms. The van der Waals surface area contributed by atoms with Gasteiger partial charge in [0.1, 0.15) is 24.5 Å². The first-order valence-electron chi connectivity index (χ1n) is 14.4. The molecule has 1 aliphatic heterocycles. The van der Waals surface area contributed by atoms with Crippen LogP contribution < -0.4 is 10.1 Å². The molecule has 10 heteroatoms. The number of amides is 1. The van der Waals surface area contributed by atoms with Gasteiger partial charge >= 0.3 is 6.09 Å². The predicted octanol–water partition coefficient (Wildman–Crippen LogP) is 5.83. The van der Waals surface area contributed by atoms with Crippen LogP contribution in [0.25, 0.3) is 22.2 Å². The summed E-state index contributed by atoms with van der Waals surface area (Å²) in [5.41, 5.74) is 3.82. The van der Waals surface area contributed by atoms with Gasteiger partial charge < -0.3 is 18.8 Å². The van der Waals surface area contributed by atoms with Crippen LogP contribution in [0.5, 0.6) is 5.75 Å². The third kappa shape index (κ3) is 5.79. The Labute approximate surface area is 240 Å². The first-order chi connectivity index (χ1) is 19.8. The molecule has 41 heavy (non-hydrogen) atoms. The van der Waals surface area contributed by atoms with Crippen molar-refractivity contribution in [3.63, 3.8) is 0 Å². The van der Waals surface area contributed by atoms with Gasteiger partial charge in [0.15, 0.2) is 9.84 Å². The smallest absolute Gasteiger partial charge is 0.411 e. The number of hydrogen-bond acceptors (Lipinski definition) is 7. The summed E-state index contributed by atoms with van der Waals surface area (Å²) in [6, 6.07) is 15.7. The maximum Gasteiger partial charge on any atom is 0.411 e. The molecule has 1 amide bonds. The van der Waals surface area contributed by atoms with Crippen molar-refractivity contribution in [1.29, 1.82) is 5.26 Å². The largest absolute Gasteiger partial charge is 0.492 e. The number of sulfone groups is 1. The van der Waals surface area contributed by atoms with Gasteiger partial charge in [0.2, 0.25) is 0 Å². The summed E-state index contributed by atoms with van der Waals surface area (Å²) in [7, 11) is -3.28. The molecule has 9 nitrogen and oxygen atoms in total. The second kappa shape index (κ2) is 11.4. The molecule has 1 saturated heterocycles. The van der Waals surface area contributed by atoms with E-state index in [9.17, 15) is 18.5 Å². The third-order valence-electron chi connectivity index (χ3n) is 8.54. The molecule has 2 saturated carbocycles. The SMILES string of the molecule is CC(OC(=O)Nc1ccc(-c2c(C#N)c3ccc(OCCS(=O)(=O)C4CCOC4)cc3n2C2CCC2)cc1)C1CC1. The van der Waals surface area contributed by atoms with E-state index in [2.05, 4.69) is 16.0 Å². The van der Waals surface area contributed by atoms with Crippen molar-refractivity contribution in [2.75, 3.05) is 30.9 Å². The molecule has 2 atom stereocenters. The summed E-state index contributed by atoms with van der Waals surface area (Å²) >= 11 is 0. The molecule has 3 aliphatic rings. The van der Waals surface area contributed by atoms with E-state index in [0.29, 0.717) is 35.9 Å². The molecule has 6 rings (SSSR count). The minimum absolute atomic E-state index is 0.0583. The van der Waals surface area contributed by atoms with Gasteiger partial charge in [-0.2, -0.15) is 5.26 Å². The van der Waals surface area contributed by atoms with E-state index in [1.54, 1.807) is 6.07 Å². The van der Waals surface area contributed by atoms with Gasteiger partial charge in [-0.25, -0.2) is 13.2 Å². The number of carbonyl (C=O) groups is 1. The average Bonchev–Trinajstić information content (AvgIpc) is 3.53. The Morgan fingerprint density at radius 3 is 2.56 bits per heavy atom. The van der Waals surface area contributed by atoms with Crippen LogP contribution in [-0.4, -0.2) is 56.0 Å². The van der Waals surface area contributed by atoms with Crippen molar-refractivity contribution in [1.82, 2.24) is 4.57 Å². The van der Waals surface area contributed by atoms with Crippen molar-refractivity contribution < 1.29 is 27.4 Å². The number of rotatable bonds is 10. The Morgan fingerprint density at radius 2 is 1.93 bits per heavy atom. The number of anilines is 1. The standard InChI is InChI=1S/C31H35N3O6S/c1-20(21-5-6-21)40-31(35)33-23-9-7-22(8-10-23)30-28(18-32)27-12-11-25(17-29(27)34(30)24-3-2-4-24)39-15-16-41(36,37)26-13-14-38-19-26/h7-12,17,20-21,24,26H,2-6,13-16,19H2,1H3,(H,33,35). The summed E-state index contributed by atoms with van der Waals surface area (Å²) in [6.07, 6.45) is 5.33. The third-order valence-corrected chi connectivity index (χ3v) is 10.7. The molecule has 2 heterocycles. The van der Waals surface area contributed by atoms with Crippen molar-refractivity contribution in [3.8, 4) is 23.1 Å². The van der Waals surface area contributed by atoms with Crippen molar-refractivity contribution >= 4 is 32.5 Å². The van der Waals surface area contributed by atoms with Gasteiger partial charge in [-0.05, 0) is 81.2 Å². The van der Waals surface area contributed by atoms with E-state index < -0.39 is 21.2 Å². The topological polar surface area (TPSA) is 120 Å². The lowest BCUT2D eigenvalue weighted by Crippen LogP contribution is -2.27. The van der Waals surface area contributed by atoms with Crippen LogP contribution in [0.1, 0.15) is 57.1 Å².